The van der Waals surface area contributed by atoms with E-state index in [4.69, 9.17) is 4.74 Å². The molecular weight excluding hydrogens is 333 g/mol. The van der Waals surface area contributed by atoms with Crippen molar-refractivity contribution in [2.24, 2.45) is 0 Å². The maximum Gasteiger partial charge on any atom is 0.321 e. The minimum Gasteiger partial charge on any atom is -0.424 e. The van der Waals surface area contributed by atoms with Crippen LogP contribution in [-0.4, -0.2) is 15.9 Å². The van der Waals surface area contributed by atoms with Gasteiger partial charge in [-0.05, 0) is 54.8 Å². The fourth-order valence-corrected chi connectivity index (χ4v) is 2.45. The summed E-state index contributed by atoms with van der Waals surface area (Å²) in [5.41, 5.74) is 2.06. The molecule has 1 heterocycles. The van der Waals surface area contributed by atoms with Crippen LogP contribution in [0.3, 0.4) is 0 Å². The molecule has 6 heteroatoms. The molecule has 0 aliphatic carbocycles. The number of anilines is 1. The first-order chi connectivity index (χ1) is 12.6. The number of benzene rings is 2. The number of hydrogen-bond acceptors (Lipinski definition) is 4. The normalized spacial score (nSPS) is 10.4. The van der Waals surface area contributed by atoms with Crippen molar-refractivity contribution in [1.29, 1.82) is 0 Å². The monoisotopic (exact) mass is 351 g/mol. The molecule has 3 rings (SSSR count). The van der Waals surface area contributed by atoms with E-state index in [9.17, 15) is 9.18 Å². The summed E-state index contributed by atoms with van der Waals surface area (Å²) in [7, 11) is 0. The summed E-state index contributed by atoms with van der Waals surface area (Å²) in [5, 5.41) is 2.84. The molecule has 1 amide bonds. The lowest BCUT2D eigenvalue weighted by Gasteiger charge is -2.10. The van der Waals surface area contributed by atoms with Gasteiger partial charge in [-0.25, -0.2) is 14.4 Å². The van der Waals surface area contributed by atoms with E-state index in [1.807, 2.05) is 6.92 Å². The minimum atomic E-state index is -0.291. The molecule has 132 valence electrons. The van der Waals surface area contributed by atoms with Gasteiger partial charge >= 0.3 is 6.01 Å². The predicted molar refractivity (Wildman–Crippen MR) is 96.6 cm³/mol. The highest BCUT2D eigenvalue weighted by Gasteiger charge is 2.09. The topological polar surface area (TPSA) is 64.1 Å². The van der Waals surface area contributed by atoms with Gasteiger partial charge in [0, 0.05) is 24.5 Å². The molecule has 0 aliphatic heterocycles. The number of nitrogens with one attached hydrogen (secondary N) is 1. The number of ether oxygens (including phenoxy) is 1. The number of rotatable bonds is 6. The van der Waals surface area contributed by atoms with E-state index >= 15 is 0 Å². The first kappa shape index (κ1) is 17.5. The molecule has 26 heavy (non-hydrogen) atoms. The van der Waals surface area contributed by atoms with Crippen LogP contribution >= 0.6 is 0 Å². The van der Waals surface area contributed by atoms with Gasteiger partial charge in [-0.3, -0.25) is 4.79 Å². The van der Waals surface area contributed by atoms with Crippen LogP contribution in [0.1, 0.15) is 17.5 Å². The Labute approximate surface area is 150 Å². The van der Waals surface area contributed by atoms with Gasteiger partial charge in [-0.15, -0.1) is 0 Å². The summed E-state index contributed by atoms with van der Waals surface area (Å²) in [5.74, 6) is 0.121. The number of amides is 1. The van der Waals surface area contributed by atoms with Crippen LogP contribution < -0.4 is 10.1 Å². The molecule has 3 aromatic rings. The van der Waals surface area contributed by atoms with E-state index < -0.39 is 0 Å². The largest absolute Gasteiger partial charge is 0.424 e. The highest BCUT2D eigenvalue weighted by Crippen LogP contribution is 2.24. The lowest BCUT2D eigenvalue weighted by atomic mass is 10.1. The summed E-state index contributed by atoms with van der Waals surface area (Å²) in [6, 6.07) is 13.7. The van der Waals surface area contributed by atoms with Gasteiger partial charge in [0.25, 0.3) is 0 Å². The molecule has 0 saturated heterocycles. The van der Waals surface area contributed by atoms with Crippen LogP contribution in [0.5, 0.6) is 11.8 Å². The minimum absolute atomic E-state index is 0.170. The number of aromatic nitrogens is 2. The van der Waals surface area contributed by atoms with Crippen LogP contribution in [0.25, 0.3) is 0 Å². The molecule has 0 atom stereocenters. The van der Waals surface area contributed by atoms with E-state index in [0.29, 0.717) is 23.4 Å². The Kier molecular flexibility index (Phi) is 5.53. The van der Waals surface area contributed by atoms with Crippen molar-refractivity contribution in [3.05, 3.63) is 77.9 Å². The zero-order chi connectivity index (χ0) is 18.4. The average molecular weight is 351 g/mol. The first-order valence-electron chi connectivity index (χ1n) is 8.20. The molecular formula is C20H18FN3O2. The predicted octanol–water partition coefficient (Wildman–Crippen LogP) is 4.29. The number of carbonyl (C=O) groups excluding carboxylic acids is 1. The van der Waals surface area contributed by atoms with Crippen molar-refractivity contribution < 1.29 is 13.9 Å². The molecule has 0 bridgehead atoms. The Morgan fingerprint density at radius 3 is 2.62 bits per heavy atom. The molecule has 2 aromatic carbocycles. The maximum atomic E-state index is 13.6. The Hall–Kier alpha value is -3.28. The SMILES string of the molecule is Cc1cc(Oc2ncccn2)ccc1NC(=O)CCc1ccccc1F. The molecule has 0 saturated carbocycles. The van der Waals surface area contributed by atoms with E-state index in [1.54, 1.807) is 54.9 Å². The van der Waals surface area contributed by atoms with E-state index in [1.165, 1.54) is 6.07 Å². The van der Waals surface area contributed by atoms with Gasteiger partial charge in [0.2, 0.25) is 5.91 Å². The standard InChI is InChI=1S/C20H18FN3O2/c1-14-13-16(26-20-22-11-4-12-23-20)8-9-18(14)24-19(25)10-7-15-5-2-3-6-17(15)21/h2-6,8-9,11-13H,7,10H2,1H3,(H,24,25). The molecule has 0 radical (unpaired) electrons. The van der Waals surface area contributed by atoms with Crippen LogP contribution in [0.2, 0.25) is 0 Å². The van der Waals surface area contributed by atoms with Gasteiger partial charge in [0.1, 0.15) is 11.6 Å². The van der Waals surface area contributed by atoms with E-state index in [-0.39, 0.29) is 24.2 Å². The lowest BCUT2D eigenvalue weighted by Crippen LogP contribution is -2.13. The van der Waals surface area contributed by atoms with Crippen molar-refractivity contribution in [1.82, 2.24) is 9.97 Å². The second-order valence-electron chi connectivity index (χ2n) is 5.75. The third-order valence-corrected chi connectivity index (χ3v) is 3.80. The summed E-state index contributed by atoms with van der Waals surface area (Å²) in [6.07, 6.45) is 3.75. The second-order valence-corrected chi connectivity index (χ2v) is 5.75. The Balaban J connectivity index is 1.59. The Morgan fingerprint density at radius 1 is 1.12 bits per heavy atom. The van der Waals surface area contributed by atoms with Gasteiger partial charge in [0.15, 0.2) is 0 Å². The molecule has 5 nitrogen and oxygen atoms in total. The fraction of sp³-hybridized carbons (Fsp3) is 0.150. The Bertz CT molecular complexity index is 901. The third kappa shape index (κ3) is 4.63. The molecule has 0 fully saturated rings. The number of carbonyl (C=O) groups is 1. The van der Waals surface area contributed by atoms with Crippen LogP contribution in [0.15, 0.2) is 60.9 Å². The molecule has 1 N–H and O–H groups in total. The smallest absolute Gasteiger partial charge is 0.321 e. The molecule has 0 unspecified atom stereocenters. The molecule has 0 aliphatic rings. The quantitative estimate of drug-likeness (QED) is 0.720. The first-order valence-corrected chi connectivity index (χ1v) is 8.20. The van der Waals surface area contributed by atoms with E-state index in [2.05, 4.69) is 15.3 Å². The van der Waals surface area contributed by atoms with Gasteiger partial charge < -0.3 is 10.1 Å². The second kappa shape index (κ2) is 8.20. The maximum absolute atomic E-state index is 13.6. The zero-order valence-electron chi connectivity index (χ0n) is 14.3. The van der Waals surface area contributed by atoms with Gasteiger partial charge in [0.05, 0.1) is 0 Å². The van der Waals surface area contributed by atoms with E-state index in [0.717, 1.165) is 5.56 Å². The van der Waals surface area contributed by atoms with Crippen molar-refractivity contribution in [2.45, 2.75) is 19.8 Å². The summed E-state index contributed by atoms with van der Waals surface area (Å²) in [4.78, 5) is 20.1. The summed E-state index contributed by atoms with van der Waals surface area (Å²) < 4.78 is 19.2. The average Bonchev–Trinajstić information content (AvgIpc) is 2.64. The molecule has 1 aromatic heterocycles. The summed E-state index contributed by atoms with van der Waals surface area (Å²) >= 11 is 0. The summed E-state index contributed by atoms with van der Waals surface area (Å²) in [6.45, 7) is 1.87. The Morgan fingerprint density at radius 2 is 1.88 bits per heavy atom. The van der Waals surface area contributed by atoms with Crippen molar-refractivity contribution in [3.63, 3.8) is 0 Å². The fourth-order valence-electron chi connectivity index (χ4n) is 2.45. The van der Waals surface area contributed by atoms with Gasteiger partial charge in [-0.1, -0.05) is 18.2 Å². The third-order valence-electron chi connectivity index (χ3n) is 3.80. The number of hydrogen-bond donors (Lipinski definition) is 1. The zero-order valence-corrected chi connectivity index (χ0v) is 14.3. The van der Waals surface area contributed by atoms with Crippen molar-refractivity contribution >= 4 is 11.6 Å². The highest BCUT2D eigenvalue weighted by atomic mass is 19.1. The lowest BCUT2D eigenvalue weighted by molar-refractivity contribution is -0.116. The van der Waals surface area contributed by atoms with Gasteiger partial charge in [-0.2, -0.15) is 0 Å². The van der Waals surface area contributed by atoms with Crippen molar-refractivity contribution in [3.8, 4) is 11.8 Å². The van der Waals surface area contributed by atoms with Crippen molar-refractivity contribution in [2.75, 3.05) is 5.32 Å². The number of halogens is 1. The van der Waals surface area contributed by atoms with Crippen LogP contribution in [-0.2, 0) is 11.2 Å². The number of nitrogens with zero attached hydrogens (tertiary/aromatic N) is 2. The number of aryl methyl sites for hydroxylation is 2. The molecule has 0 spiro atoms. The van der Waals surface area contributed by atoms with Crippen LogP contribution in [0, 0.1) is 12.7 Å². The highest BCUT2D eigenvalue weighted by molar-refractivity contribution is 5.91. The van der Waals surface area contributed by atoms with Crippen LogP contribution in [0.4, 0.5) is 10.1 Å².